The molecular formula is C18H21Cl2N. The first-order chi connectivity index (χ1) is 10.0. The van der Waals surface area contributed by atoms with Gasteiger partial charge >= 0.3 is 0 Å². The minimum atomic E-state index is 0.214. The molecule has 21 heavy (non-hydrogen) atoms. The second-order valence-electron chi connectivity index (χ2n) is 5.43. The van der Waals surface area contributed by atoms with Crippen molar-refractivity contribution in [1.82, 2.24) is 5.32 Å². The van der Waals surface area contributed by atoms with E-state index in [2.05, 4.69) is 50.4 Å². The van der Waals surface area contributed by atoms with Crippen LogP contribution in [0.25, 0.3) is 0 Å². The Balaban J connectivity index is 2.16. The average Bonchev–Trinajstić information content (AvgIpc) is 2.46. The quantitative estimate of drug-likeness (QED) is 0.701. The molecule has 2 rings (SSSR count). The molecule has 0 saturated carbocycles. The van der Waals surface area contributed by atoms with Gasteiger partial charge in [0.15, 0.2) is 0 Å². The normalized spacial score (nSPS) is 14.0. The Morgan fingerprint density at radius 2 is 1.71 bits per heavy atom. The van der Waals surface area contributed by atoms with E-state index in [4.69, 9.17) is 23.2 Å². The Morgan fingerprint density at radius 3 is 2.29 bits per heavy atom. The summed E-state index contributed by atoms with van der Waals surface area (Å²) in [7, 11) is 0. The number of aryl methyl sites for hydroxylation is 1. The van der Waals surface area contributed by atoms with Crippen LogP contribution in [-0.2, 0) is 0 Å². The van der Waals surface area contributed by atoms with Gasteiger partial charge in [0.1, 0.15) is 0 Å². The molecule has 1 N–H and O–H groups in total. The van der Waals surface area contributed by atoms with Crippen molar-refractivity contribution in [2.75, 3.05) is 0 Å². The Kier molecular flexibility index (Phi) is 5.69. The second kappa shape index (κ2) is 7.31. The van der Waals surface area contributed by atoms with E-state index in [0.29, 0.717) is 5.02 Å². The number of hydrogen-bond donors (Lipinski definition) is 1. The van der Waals surface area contributed by atoms with Crippen molar-refractivity contribution in [3.8, 4) is 0 Å². The number of nitrogens with one attached hydrogen (secondary N) is 1. The molecule has 0 bridgehead atoms. The second-order valence-corrected chi connectivity index (χ2v) is 6.27. The van der Waals surface area contributed by atoms with Crippen molar-refractivity contribution in [2.24, 2.45) is 0 Å². The standard InChI is InChI=1S/C18H21Cl2N/c1-4-18(16-10-9-15(19)11-17(16)20)21-13(3)14-7-5-12(2)6-8-14/h5-11,13,18,21H,4H2,1-3H3. The van der Waals surface area contributed by atoms with Crippen LogP contribution in [0.1, 0.15) is 49.0 Å². The van der Waals surface area contributed by atoms with Gasteiger partial charge < -0.3 is 5.32 Å². The Labute approximate surface area is 137 Å². The lowest BCUT2D eigenvalue weighted by Gasteiger charge is -2.24. The molecule has 0 aliphatic rings. The average molecular weight is 322 g/mol. The largest absolute Gasteiger partial charge is 0.303 e. The van der Waals surface area contributed by atoms with Crippen molar-refractivity contribution in [1.29, 1.82) is 0 Å². The molecule has 1 nitrogen and oxygen atoms in total. The number of rotatable bonds is 5. The summed E-state index contributed by atoms with van der Waals surface area (Å²) in [5.74, 6) is 0. The highest BCUT2D eigenvalue weighted by Crippen LogP contribution is 2.30. The minimum absolute atomic E-state index is 0.214. The van der Waals surface area contributed by atoms with Gasteiger partial charge in [-0.05, 0) is 43.5 Å². The van der Waals surface area contributed by atoms with Crippen molar-refractivity contribution >= 4 is 23.2 Å². The zero-order valence-corrected chi connectivity index (χ0v) is 14.2. The van der Waals surface area contributed by atoms with Crippen LogP contribution in [0.5, 0.6) is 0 Å². The van der Waals surface area contributed by atoms with Gasteiger partial charge in [0, 0.05) is 22.1 Å². The van der Waals surface area contributed by atoms with E-state index < -0.39 is 0 Å². The molecule has 0 saturated heterocycles. The maximum Gasteiger partial charge on any atom is 0.0468 e. The molecule has 0 heterocycles. The number of benzene rings is 2. The molecule has 0 fully saturated rings. The van der Waals surface area contributed by atoms with Crippen molar-refractivity contribution in [3.63, 3.8) is 0 Å². The van der Waals surface area contributed by atoms with Crippen LogP contribution in [0, 0.1) is 6.92 Å². The van der Waals surface area contributed by atoms with Crippen LogP contribution in [0.2, 0.25) is 10.0 Å². The van der Waals surface area contributed by atoms with Crippen LogP contribution in [0.3, 0.4) is 0 Å². The highest BCUT2D eigenvalue weighted by atomic mass is 35.5. The monoisotopic (exact) mass is 321 g/mol. The lowest BCUT2D eigenvalue weighted by atomic mass is 10.0. The fraction of sp³-hybridized carbons (Fsp3) is 0.333. The molecule has 2 atom stereocenters. The number of halogens is 2. The predicted octanol–water partition coefficient (Wildman–Crippen LogP) is 6.10. The summed E-state index contributed by atoms with van der Waals surface area (Å²) in [4.78, 5) is 0. The third-order valence-electron chi connectivity index (χ3n) is 3.77. The third kappa shape index (κ3) is 4.23. The molecule has 2 aromatic carbocycles. The summed E-state index contributed by atoms with van der Waals surface area (Å²) < 4.78 is 0. The Bertz CT molecular complexity index is 593. The van der Waals surface area contributed by atoms with Crippen LogP contribution in [-0.4, -0.2) is 0 Å². The maximum atomic E-state index is 6.33. The molecule has 0 spiro atoms. The lowest BCUT2D eigenvalue weighted by molar-refractivity contribution is 0.456. The zero-order valence-electron chi connectivity index (χ0n) is 12.7. The molecule has 0 aliphatic heterocycles. The summed E-state index contributed by atoms with van der Waals surface area (Å²) in [5.41, 5.74) is 3.66. The minimum Gasteiger partial charge on any atom is -0.303 e. The van der Waals surface area contributed by atoms with E-state index >= 15 is 0 Å². The summed E-state index contributed by atoms with van der Waals surface area (Å²) in [6.07, 6.45) is 0.970. The van der Waals surface area contributed by atoms with Gasteiger partial charge in [0.05, 0.1) is 0 Å². The summed E-state index contributed by atoms with van der Waals surface area (Å²) in [5, 5.41) is 5.04. The smallest absolute Gasteiger partial charge is 0.0468 e. The highest BCUT2D eigenvalue weighted by molar-refractivity contribution is 6.35. The van der Waals surface area contributed by atoms with E-state index in [9.17, 15) is 0 Å². The topological polar surface area (TPSA) is 12.0 Å². The van der Waals surface area contributed by atoms with Gasteiger partial charge in [-0.15, -0.1) is 0 Å². The van der Waals surface area contributed by atoms with Crippen LogP contribution < -0.4 is 5.32 Å². The van der Waals surface area contributed by atoms with Gasteiger partial charge in [0.25, 0.3) is 0 Å². The SMILES string of the molecule is CCC(NC(C)c1ccc(C)cc1)c1ccc(Cl)cc1Cl. The molecule has 0 aromatic heterocycles. The summed E-state index contributed by atoms with van der Waals surface area (Å²) in [6, 6.07) is 14.8. The first kappa shape index (κ1) is 16.4. The van der Waals surface area contributed by atoms with Gasteiger partial charge in [-0.2, -0.15) is 0 Å². The van der Waals surface area contributed by atoms with Crippen molar-refractivity contribution < 1.29 is 0 Å². The fourth-order valence-corrected chi connectivity index (χ4v) is 3.00. The molecular weight excluding hydrogens is 301 g/mol. The number of hydrogen-bond acceptors (Lipinski definition) is 1. The molecule has 0 radical (unpaired) electrons. The Hall–Kier alpha value is -1.02. The van der Waals surface area contributed by atoms with E-state index in [1.54, 1.807) is 6.07 Å². The first-order valence-electron chi connectivity index (χ1n) is 7.28. The van der Waals surface area contributed by atoms with Gasteiger partial charge in [-0.3, -0.25) is 0 Å². The van der Waals surface area contributed by atoms with E-state index in [1.165, 1.54) is 11.1 Å². The molecule has 0 amide bonds. The van der Waals surface area contributed by atoms with Crippen molar-refractivity contribution in [2.45, 2.75) is 39.3 Å². The lowest BCUT2D eigenvalue weighted by Crippen LogP contribution is -2.24. The van der Waals surface area contributed by atoms with E-state index in [1.807, 2.05) is 12.1 Å². The highest BCUT2D eigenvalue weighted by Gasteiger charge is 2.16. The van der Waals surface area contributed by atoms with Gasteiger partial charge in [-0.1, -0.05) is 66.0 Å². The first-order valence-corrected chi connectivity index (χ1v) is 8.04. The van der Waals surface area contributed by atoms with E-state index in [-0.39, 0.29) is 12.1 Å². The van der Waals surface area contributed by atoms with Crippen LogP contribution in [0.4, 0.5) is 0 Å². The molecule has 112 valence electrons. The van der Waals surface area contributed by atoms with Crippen LogP contribution in [0.15, 0.2) is 42.5 Å². The molecule has 2 aromatic rings. The van der Waals surface area contributed by atoms with Gasteiger partial charge in [0.2, 0.25) is 0 Å². The summed E-state index contributed by atoms with van der Waals surface area (Å²) in [6.45, 7) is 6.44. The summed E-state index contributed by atoms with van der Waals surface area (Å²) >= 11 is 12.3. The molecule has 0 aliphatic carbocycles. The van der Waals surface area contributed by atoms with Gasteiger partial charge in [-0.25, -0.2) is 0 Å². The fourth-order valence-electron chi connectivity index (χ4n) is 2.46. The Morgan fingerprint density at radius 1 is 1.05 bits per heavy atom. The van der Waals surface area contributed by atoms with Crippen molar-refractivity contribution in [3.05, 3.63) is 69.2 Å². The van der Waals surface area contributed by atoms with Crippen LogP contribution >= 0.6 is 23.2 Å². The van der Waals surface area contributed by atoms with E-state index in [0.717, 1.165) is 17.0 Å². The zero-order chi connectivity index (χ0) is 15.4. The third-order valence-corrected chi connectivity index (χ3v) is 4.34. The maximum absolute atomic E-state index is 6.33. The molecule has 2 unspecified atom stereocenters. The predicted molar refractivity (Wildman–Crippen MR) is 92.2 cm³/mol. The molecule has 3 heteroatoms.